The van der Waals surface area contributed by atoms with Crippen LogP contribution >= 0.6 is 0 Å². The molecular weight excluding hydrogens is 244 g/mol. The number of aromatic nitrogens is 2. The van der Waals surface area contributed by atoms with E-state index in [4.69, 9.17) is 5.11 Å². The number of nitrogens with zero attached hydrogens (tertiary/aromatic N) is 4. The van der Waals surface area contributed by atoms with Gasteiger partial charge in [0.05, 0.1) is 12.7 Å². The molecule has 108 valence electrons. The van der Waals surface area contributed by atoms with Crippen molar-refractivity contribution in [1.82, 2.24) is 19.6 Å². The zero-order valence-electron chi connectivity index (χ0n) is 12.2. The maximum atomic E-state index is 10.9. The molecule has 1 heterocycles. The zero-order valence-corrected chi connectivity index (χ0v) is 12.2. The summed E-state index contributed by atoms with van der Waals surface area (Å²) in [7, 11) is 3.96. The van der Waals surface area contributed by atoms with Gasteiger partial charge in [-0.15, -0.1) is 0 Å². The minimum atomic E-state index is -0.796. The largest absolute Gasteiger partial charge is 0.480 e. The number of carbonyl (C=O) groups is 1. The highest BCUT2D eigenvalue weighted by atomic mass is 16.4. The predicted octanol–water partition coefficient (Wildman–Crippen LogP) is 0.912. The average Bonchev–Trinajstić information content (AvgIpc) is 2.73. The van der Waals surface area contributed by atoms with E-state index in [2.05, 4.69) is 18.9 Å². The summed E-state index contributed by atoms with van der Waals surface area (Å²) in [4.78, 5) is 14.9. The summed E-state index contributed by atoms with van der Waals surface area (Å²) in [5.41, 5.74) is 1.05. The van der Waals surface area contributed by atoms with Crippen LogP contribution in [-0.4, -0.2) is 64.4 Å². The van der Waals surface area contributed by atoms with Gasteiger partial charge < -0.3 is 10.0 Å². The van der Waals surface area contributed by atoms with Crippen molar-refractivity contribution in [1.29, 1.82) is 0 Å². The van der Waals surface area contributed by atoms with Gasteiger partial charge in [0.2, 0.25) is 0 Å². The van der Waals surface area contributed by atoms with Gasteiger partial charge in [0.1, 0.15) is 0 Å². The van der Waals surface area contributed by atoms with Gasteiger partial charge in [0, 0.05) is 37.4 Å². The fourth-order valence-corrected chi connectivity index (χ4v) is 1.75. The molecule has 0 aliphatic heterocycles. The van der Waals surface area contributed by atoms with Crippen molar-refractivity contribution in [2.75, 3.05) is 33.7 Å². The molecule has 0 amide bonds. The summed E-state index contributed by atoms with van der Waals surface area (Å²) < 4.78 is 1.89. The topological polar surface area (TPSA) is 61.6 Å². The van der Waals surface area contributed by atoms with Crippen molar-refractivity contribution in [3.63, 3.8) is 0 Å². The van der Waals surface area contributed by atoms with Crippen molar-refractivity contribution >= 4 is 5.97 Å². The van der Waals surface area contributed by atoms with Gasteiger partial charge in [-0.05, 0) is 27.9 Å². The molecule has 0 aliphatic rings. The third-order valence-electron chi connectivity index (χ3n) is 2.81. The Kier molecular flexibility index (Phi) is 5.98. The van der Waals surface area contributed by atoms with Crippen LogP contribution in [0.2, 0.25) is 0 Å². The van der Waals surface area contributed by atoms with Crippen molar-refractivity contribution in [3.8, 4) is 0 Å². The monoisotopic (exact) mass is 268 g/mol. The smallest absolute Gasteiger partial charge is 0.317 e. The summed E-state index contributed by atoms with van der Waals surface area (Å²) in [6.07, 6.45) is 3.79. The Morgan fingerprint density at radius 2 is 2.11 bits per heavy atom. The predicted molar refractivity (Wildman–Crippen MR) is 74.1 cm³/mol. The van der Waals surface area contributed by atoms with E-state index in [9.17, 15) is 4.79 Å². The number of carboxylic acid groups (broad SMARTS) is 1. The highest BCUT2D eigenvalue weighted by molar-refractivity contribution is 5.69. The summed E-state index contributed by atoms with van der Waals surface area (Å²) in [5.74, 6) is -0.796. The molecule has 0 atom stereocenters. The number of aliphatic carboxylic acids is 1. The second-order valence-corrected chi connectivity index (χ2v) is 5.33. The van der Waals surface area contributed by atoms with Gasteiger partial charge in [-0.3, -0.25) is 14.4 Å². The number of carboxylic acids is 1. The van der Waals surface area contributed by atoms with Gasteiger partial charge in [0.15, 0.2) is 0 Å². The number of rotatable bonds is 8. The standard InChI is InChI=1S/C13H24N4O2/c1-11(2)17-9-12(7-14-17)8-16(10-13(18)19)6-5-15(3)4/h7,9,11H,5-6,8,10H2,1-4H3,(H,18,19). The van der Waals surface area contributed by atoms with E-state index in [0.717, 1.165) is 18.7 Å². The van der Waals surface area contributed by atoms with Crippen molar-refractivity contribution in [2.24, 2.45) is 0 Å². The molecule has 0 aliphatic carbocycles. The third kappa shape index (κ3) is 5.85. The molecule has 1 aromatic heterocycles. The Morgan fingerprint density at radius 3 is 2.58 bits per heavy atom. The molecule has 0 saturated heterocycles. The third-order valence-corrected chi connectivity index (χ3v) is 2.81. The lowest BCUT2D eigenvalue weighted by atomic mass is 10.3. The lowest BCUT2D eigenvalue weighted by molar-refractivity contribution is -0.138. The summed E-state index contributed by atoms with van der Waals surface area (Å²) in [6.45, 7) is 6.38. The Bertz CT molecular complexity index is 401. The van der Waals surface area contributed by atoms with Crippen LogP contribution in [0.25, 0.3) is 0 Å². The fraction of sp³-hybridized carbons (Fsp3) is 0.692. The lowest BCUT2D eigenvalue weighted by Crippen LogP contribution is -2.35. The van der Waals surface area contributed by atoms with Crippen LogP contribution < -0.4 is 0 Å². The number of hydrogen-bond donors (Lipinski definition) is 1. The molecule has 0 fully saturated rings. The van der Waals surface area contributed by atoms with Crippen LogP contribution in [-0.2, 0) is 11.3 Å². The van der Waals surface area contributed by atoms with E-state index in [1.165, 1.54) is 0 Å². The van der Waals surface area contributed by atoms with Crippen LogP contribution in [0.4, 0.5) is 0 Å². The molecule has 19 heavy (non-hydrogen) atoms. The van der Waals surface area contributed by atoms with Crippen LogP contribution in [0.1, 0.15) is 25.5 Å². The second-order valence-electron chi connectivity index (χ2n) is 5.33. The maximum Gasteiger partial charge on any atom is 0.317 e. The molecule has 0 aromatic carbocycles. The SMILES string of the molecule is CC(C)n1cc(CN(CCN(C)C)CC(=O)O)cn1. The Morgan fingerprint density at radius 1 is 1.42 bits per heavy atom. The van der Waals surface area contributed by atoms with Crippen LogP contribution in [0.3, 0.4) is 0 Å². The van der Waals surface area contributed by atoms with Gasteiger partial charge in [-0.2, -0.15) is 5.10 Å². The minimum Gasteiger partial charge on any atom is -0.480 e. The molecule has 6 heteroatoms. The van der Waals surface area contributed by atoms with E-state index >= 15 is 0 Å². The molecule has 6 nitrogen and oxygen atoms in total. The molecule has 0 saturated carbocycles. The summed E-state index contributed by atoms with van der Waals surface area (Å²) >= 11 is 0. The Hall–Kier alpha value is -1.40. The average molecular weight is 268 g/mol. The van der Waals surface area contributed by atoms with Crippen LogP contribution in [0.15, 0.2) is 12.4 Å². The normalized spacial score (nSPS) is 11.7. The highest BCUT2D eigenvalue weighted by Gasteiger charge is 2.12. The summed E-state index contributed by atoms with van der Waals surface area (Å²) in [5, 5.41) is 13.2. The van der Waals surface area contributed by atoms with Crippen molar-refractivity contribution in [2.45, 2.75) is 26.4 Å². The number of hydrogen-bond acceptors (Lipinski definition) is 4. The van der Waals surface area contributed by atoms with Gasteiger partial charge >= 0.3 is 5.97 Å². The fourth-order valence-electron chi connectivity index (χ4n) is 1.75. The number of likely N-dealkylation sites (N-methyl/N-ethyl adjacent to an activating group) is 1. The van der Waals surface area contributed by atoms with E-state index < -0.39 is 5.97 Å². The zero-order chi connectivity index (χ0) is 14.4. The molecule has 0 bridgehead atoms. The highest BCUT2D eigenvalue weighted by Crippen LogP contribution is 2.08. The van der Waals surface area contributed by atoms with E-state index in [1.54, 1.807) is 0 Å². The first-order valence-corrected chi connectivity index (χ1v) is 6.50. The molecule has 1 N–H and O–H groups in total. The second kappa shape index (κ2) is 7.25. The van der Waals surface area contributed by atoms with Crippen molar-refractivity contribution < 1.29 is 9.90 Å². The molecule has 0 unspecified atom stereocenters. The Balaban J connectivity index is 2.61. The molecule has 0 radical (unpaired) electrons. The molecule has 1 aromatic rings. The quantitative estimate of drug-likeness (QED) is 0.759. The van der Waals surface area contributed by atoms with E-state index in [1.807, 2.05) is 41.0 Å². The van der Waals surface area contributed by atoms with Gasteiger partial charge in [0.25, 0.3) is 0 Å². The van der Waals surface area contributed by atoms with E-state index in [0.29, 0.717) is 12.6 Å². The molecular formula is C13H24N4O2. The summed E-state index contributed by atoms with van der Waals surface area (Å²) in [6, 6.07) is 0.323. The molecule has 0 spiro atoms. The maximum absolute atomic E-state index is 10.9. The minimum absolute atomic E-state index is 0.0562. The first-order chi connectivity index (χ1) is 8.88. The van der Waals surface area contributed by atoms with Gasteiger partial charge in [-0.25, -0.2) is 0 Å². The van der Waals surface area contributed by atoms with Crippen LogP contribution in [0, 0.1) is 0 Å². The van der Waals surface area contributed by atoms with Crippen molar-refractivity contribution in [3.05, 3.63) is 18.0 Å². The van der Waals surface area contributed by atoms with E-state index in [-0.39, 0.29) is 6.54 Å². The van der Waals surface area contributed by atoms with Gasteiger partial charge in [-0.1, -0.05) is 0 Å². The van der Waals surface area contributed by atoms with Crippen LogP contribution in [0.5, 0.6) is 0 Å². The first kappa shape index (κ1) is 15.7. The lowest BCUT2D eigenvalue weighted by Gasteiger charge is -2.21. The Labute approximate surface area is 114 Å². The molecule has 1 rings (SSSR count). The first-order valence-electron chi connectivity index (χ1n) is 6.50.